The maximum atomic E-state index is 11.5. The summed E-state index contributed by atoms with van der Waals surface area (Å²) in [5, 5.41) is 2.82. The first-order valence-electron chi connectivity index (χ1n) is 5.72. The van der Waals surface area contributed by atoms with Crippen LogP contribution in [-0.4, -0.2) is 44.1 Å². The summed E-state index contributed by atoms with van der Waals surface area (Å²) >= 11 is 0. The highest BCUT2D eigenvalue weighted by atomic mass is 32.2. The van der Waals surface area contributed by atoms with Gasteiger partial charge in [0.05, 0.1) is 17.1 Å². The average Bonchev–Trinajstić information content (AvgIpc) is 2.54. The number of carbonyl (C=O) groups is 1. The lowest BCUT2D eigenvalue weighted by molar-refractivity contribution is -0.119. The van der Waals surface area contributed by atoms with Crippen LogP contribution in [0.25, 0.3) is 0 Å². The van der Waals surface area contributed by atoms with Gasteiger partial charge in [-0.05, 0) is 25.3 Å². The summed E-state index contributed by atoms with van der Waals surface area (Å²) in [5.74, 6) is 0.0585. The lowest BCUT2D eigenvalue weighted by Gasteiger charge is -2.37. The zero-order chi connectivity index (χ0) is 12.5. The van der Waals surface area contributed by atoms with Crippen LogP contribution in [0.15, 0.2) is 12.7 Å². The van der Waals surface area contributed by atoms with Crippen LogP contribution in [0, 0.1) is 0 Å². The fraction of sp³-hybridized carbons (Fsp3) is 0.727. The third-order valence-corrected chi connectivity index (χ3v) is 5.17. The molecule has 2 atom stereocenters. The van der Waals surface area contributed by atoms with Crippen LogP contribution >= 0.6 is 0 Å². The Labute approximate surface area is 101 Å². The molecule has 2 fully saturated rings. The minimum absolute atomic E-state index is 0.0115. The number of carbonyl (C=O) groups excluding carboxylic acids is 1. The average molecular weight is 259 g/mol. The second-order valence-electron chi connectivity index (χ2n) is 4.78. The van der Waals surface area contributed by atoms with Gasteiger partial charge in [0.1, 0.15) is 0 Å². The summed E-state index contributed by atoms with van der Waals surface area (Å²) in [7, 11) is -2.97. The molecule has 6 heteroatoms. The largest absolute Gasteiger partial charge is 0.374 e. The number of sulfone groups is 1. The fourth-order valence-electron chi connectivity index (χ4n) is 2.57. The van der Waals surface area contributed by atoms with Crippen LogP contribution in [0.2, 0.25) is 0 Å². The summed E-state index contributed by atoms with van der Waals surface area (Å²) in [6.07, 6.45) is 3.07. The molecular formula is C11H17NO4S. The van der Waals surface area contributed by atoms with Crippen molar-refractivity contribution in [3.05, 3.63) is 12.7 Å². The van der Waals surface area contributed by atoms with Crippen molar-refractivity contribution in [3.63, 3.8) is 0 Å². The van der Waals surface area contributed by atoms with E-state index < -0.39 is 15.4 Å². The molecule has 1 N–H and O–H groups in total. The molecule has 2 aliphatic heterocycles. The van der Waals surface area contributed by atoms with Crippen molar-refractivity contribution >= 4 is 15.7 Å². The number of rotatable bonds is 2. The maximum Gasteiger partial charge on any atom is 0.243 e. The smallest absolute Gasteiger partial charge is 0.243 e. The summed E-state index contributed by atoms with van der Waals surface area (Å²) in [6, 6.07) is -0.0115. The van der Waals surface area contributed by atoms with E-state index in [4.69, 9.17) is 4.74 Å². The fourth-order valence-corrected chi connectivity index (χ4v) is 4.55. The highest BCUT2D eigenvalue weighted by molar-refractivity contribution is 7.91. The molecule has 2 rings (SSSR count). The first-order chi connectivity index (χ1) is 7.95. The van der Waals surface area contributed by atoms with Gasteiger partial charge in [-0.3, -0.25) is 4.79 Å². The van der Waals surface area contributed by atoms with E-state index in [0.29, 0.717) is 19.4 Å². The molecule has 0 radical (unpaired) electrons. The molecule has 0 bridgehead atoms. The summed E-state index contributed by atoms with van der Waals surface area (Å²) < 4.78 is 28.7. The van der Waals surface area contributed by atoms with E-state index in [1.54, 1.807) is 0 Å². The van der Waals surface area contributed by atoms with Crippen molar-refractivity contribution in [1.29, 1.82) is 0 Å². The zero-order valence-corrected chi connectivity index (χ0v) is 10.5. The molecule has 0 unspecified atom stereocenters. The summed E-state index contributed by atoms with van der Waals surface area (Å²) in [6.45, 7) is 3.90. The first kappa shape index (κ1) is 12.6. The molecule has 96 valence electrons. The first-order valence-corrected chi connectivity index (χ1v) is 7.54. The van der Waals surface area contributed by atoms with Gasteiger partial charge in [-0.15, -0.1) is 0 Å². The van der Waals surface area contributed by atoms with Crippen LogP contribution in [0.3, 0.4) is 0 Å². The monoisotopic (exact) mass is 259 g/mol. The van der Waals surface area contributed by atoms with Crippen LogP contribution in [0.1, 0.15) is 19.3 Å². The number of ether oxygens (including phenoxy) is 1. The van der Waals surface area contributed by atoms with E-state index >= 15 is 0 Å². The predicted molar refractivity (Wildman–Crippen MR) is 63.3 cm³/mol. The van der Waals surface area contributed by atoms with Crippen molar-refractivity contribution in [2.45, 2.75) is 30.9 Å². The van der Waals surface area contributed by atoms with Crippen molar-refractivity contribution in [3.8, 4) is 0 Å². The van der Waals surface area contributed by atoms with Crippen LogP contribution < -0.4 is 5.32 Å². The highest BCUT2D eigenvalue weighted by Gasteiger charge is 2.46. The van der Waals surface area contributed by atoms with Crippen LogP contribution in [0.4, 0.5) is 0 Å². The van der Waals surface area contributed by atoms with E-state index in [1.165, 1.54) is 6.08 Å². The zero-order valence-electron chi connectivity index (χ0n) is 9.65. The lowest BCUT2D eigenvalue weighted by atomic mass is 9.90. The van der Waals surface area contributed by atoms with Crippen molar-refractivity contribution in [2.75, 3.05) is 18.1 Å². The van der Waals surface area contributed by atoms with Crippen LogP contribution in [-0.2, 0) is 19.4 Å². The molecular weight excluding hydrogens is 242 g/mol. The van der Waals surface area contributed by atoms with Crippen molar-refractivity contribution < 1.29 is 17.9 Å². The predicted octanol–water partition coefficient (Wildman–Crippen LogP) is 0.0249. The Bertz CT molecular complexity index is 431. The van der Waals surface area contributed by atoms with E-state index in [0.717, 1.165) is 6.42 Å². The lowest BCUT2D eigenvalue weighted by Crippen LogP contribution is -2.49. The molecule has 0 aliphatic carbocycles. The Morgan fingerprint density at radius 2 is 2.29 bits per heavy atom. The number of hydrogen-bond donors (Lipinski definition) is 1. The van der Waals surface area contributed by atoms with Gasteiger partial charge < -0.3 is 10.1 Å². The quantitative estimate of drug-likeness (QED) is 0.710. The van der Waals surface area contributed by atoms with E-state index in [9.17, 15) is 13.2 Å². The number of hydrogen-bond acceptors (Lipinski definition) is 4. The third kappa shape index (κ3) is 2.87. The van der Waals surface area contributed by atoms with Gasteiger partial charge in [-0.1, -0.05) is 6.58 Å². The molecule has 1 spiro atoms. The minimum atomic E-state index is -2.97. The Morgan fingerprint density at radius 1 is 1.53 bits per heavy atom. The van der Waals surface area contributed by atoms with Crippen molar-refractivity contribution in [1.82, 2.24) is 5.32 Å². The third-order valence-electron chi connectivity index (χ3n) is 3.38. The molecule has 5 nitrogen and oxygen atoms in total. The Balaban J connectivity index is 2.02. The summed E-state index contributed by atoms with van der Waals surface area (Å²) in [5.41, 5.74) is -0.573. The van der Waals surface area contributed by atoms with E-state index in [2.05, 4.69) is 11.9 Å². The SMILES string of the molecule is C=CC(=O)N[C@H]1CCO[C@]2(CCS(=O)(=O)C2)C1. The van der Waals surface area contributed by atoms with Gasteiger partial charge in [0.25, 0.3) is 0 Å². The van der Waals surface area contributed by atoms with Gasteiger partial charge in [0.2, 0.25) is 5.91 Å². The molecule has 0 aromatic carbocycles. The Morgan fingerprint density at radius 3 is 2.88 bits per heavy atom. The van der Waals surface area contributed by atoms with Gasteiger partial charge in [-0.2, -0.15) is 0 Å². The minimum Gasteiger partial charge on any atom is -0.374 e. The number of nitrogens with one attached hydrogen (secondary N) is 1. The molecule has 0 aromatic rings. The molecule has 1 amide bonds. The van der Waals surface area contributed by atoms with E-state index in [1.807, 2.05) is 0 Å². The normalized spacial score (nSPS) is 35.6. The molecule has 2 heterocycles. The number of amides is 1. The topological polar surface area (TPSA) is 72.5 Å². The Kier molecular flexibility index (Phi) is 3.27. The van der Waals surface area contributed by atoms with Crippen LogP contribution in [0.5, 0.6) is 0 Å². The second-order valence-corrected chi connectivity index (χ2v) is 6.96. The van der Waals surface area contributed by atoms with Gasteiger partial charge in [0.15, 0.2) is 9.84 Å². The standard InChI is InChI=1S/C11H17NO4S/c1-2-10(13)12-9-3-5-16-11(7-9)4-6-17(14,15)8-11/h2,9H,1,3-8H2,(H,12,13)/t9-,11+/m0/s1. The second kappa shape index (κ2) is 4.42. The Hall–Kier alpha value is -0.880. The maximum absolute atomic E-state index is 11.5. The molecule has 2 saturated heterocycles. The van der Waals surface area contributed by atoms with Gasteiger partial charge in [0, 0.05) is 12.6 Å². The molecule has 2 aliphatic rings. The van der Waals surface area contributed by atoms with Gasteiger partial charge >= 0.3 is 0 Å². The molecule has 0 aromatic heterocycles. The molecule has 0 saturated carbocycles. The van der Waals surface area contributed by atoms with E-state index in [-0.39, 0.29) is 23.5 Å². The van der Waals surface area contributed by atoms with Gasteiger partial charge in [-0.25, -0.2) is 8.42 Å². The molecule has 17 heavy (non-hydrogen) atoms. The summed E-state index contributed by atoms with van der Waals surface area (Å²) in [4.78, 5) is 11.2. The highest BCUT2D eigenvalue weighted by Crippen LogP contribution is 2.35. The van der Waals surface area contributed by atoms with Crippen molar-refractivity contribution in [2.24, 2.45) is 0 Å².